The van der Waals surface area contributed by atoms with Gasteiger partial charge in [-0.1, -0.05) is 0 Å². The Bertz CT molecular complexity index is 871. The standard InChI is InChI=1S/C18H19F9N4O3/c19-16(20,21)8-30(9-17(22,23)24)13(6-28)15(33)29-10-1-2-12(11(5-10)18(25,26)27)31-3-4-34-7-14(31)32/h1-2,5,13H,3-4,6-9,28H2,(H,29,33)/t13-/m1/s1. The number of carbonyl (C=O) groups excluding carboxylic acids is 2. The third kappa shape index (κ3) is 7.73. The number of hydrogen-bond donors (Lipinski definition) is 2. The fourth-order valence-electron chi connectivity index (χ4n) is 3.23. The van der Waals surface area contributed by atoms with Crippen LogP contribution in [0, 0.1) is 0 Å². The van der Waals surface area contributed by atoms with Gasteiger partial charge >= 0.3 is 18.5 Å². The molecule has 192 valence electrons. The van der Waals surface area contributed by atoms with Crippen molar-refractivity contribution in [2.24, 2.45) is 5.73 Å². The number of amides is 2. The van der Waals surface area contributed by atoms with Crippen molar-refractivity contribution in [3.05, 3.63) is 23.8 Å². The van der Waals surface area contributed by atoms with Crippen LogP contribution in [0.1, 0.15) is 5.56 Å². The van der Waals surface area contributed by atoms with Crippen LogP contribution in [0.2, 0.25) is 0 Å². The number of hydrogen-bond acceptors (Lipinski definition) is 5. The van der Waals surface area contributed by atoms with Crippen molar-refractivity contribution in [3.63, 3.8) is 0 Å². The normalized spacial score (nSPS) is 16.7. The minimum Gasteiger partial charge on any atom is -0.370 e. The summed E-state index contributed by atoms with van der Waals surface area (Å²) in [6.07, 6.45) is -15.2. The van der Waals surface area contributed by atoms with Crippen molar-refractivity contribution < 1.29 is 53.8 Å². The summed E-state index contributed by atoms with van der Waals surface area (Å²) in [6, 6.07) is 0.0403. The number of morpholine rings is 1. The van der Waals surface area contributed by atoms with Gasteiger partial charge in [0.15, 0.2) is 0 Å². The number of anilines is 2. The largest absolute Gasteiger partial charge is 0.418 e. The molecule has 1 aliphatic heterocycles. The van der Waals surface area contributed by atoms with Gasteiger partial charge < -0.3 is 20.7 Å². The van der Waals surface area contributed by atoms with Crippen LogP contribution in [0.15, 0.2) is 18.2 Å². The Morgan fingerprint density at radius 3 is 2.15 bits per heavy atom. The Morgan fingerprint density at radius 1 is 1.09 bits per heavy atom. The Balaban J connectivity index is 2.34. The second-order valence-electron chi connectivity index (χ2n) is 7.20. The molecule has 1 aromatic carbocycles. The molecule has 1 aliphatic rings. The van der Waals surface area contributed by atoms with Crippen LogP contribution in [0.5, 0.6) is 0 Å². The summed E-state index contributed by atoms with van der Waals surface area (Å²) in [7, 11) is 0. The lowest BCUT2D eigenvalue weighted by Gasteiger charge is -2.31. The molecular formula is C18H19F9N4O3. The highest BCUT2D eigenvalue weighted by Gasteiger charge is 2.42. The van der Waals surface area contributed by atoms with E-state index in [1.54, 1.807) is 0 Å². The number of nitrogens with zero attached hydrogens (tertiary/aromatic N) is 2. The quantitative estimate of drug-likeness (QED) is 0.551. The lowest BCUT2D eigenvalue weighted by molar-refractivity contribution is -0.186. The molecule has 7 nitrogen and oxygen atoms in total. The molecular weight excluding hydrogens is 491 g/mol. The highest BCUT2D eigenvalue weighted by Crippen LogP contribution is 2.39. The van der Waals surface area contributed by atoms with Gasteiger partial charge in [0.25, 0.3) is 5.91 Å². The second-order valence-corrected chi connectivity index (χ2v) is 7.20. The van der Waals surface area contributed by atoms with Crippen molar-refractivity contribution in [1.82, 2.24) is 4.90 Å². The van der Waals surface area contributed by atoms with Gasteiger partial charge in [-0.15, -0.1) is 0 Å². The van der Waals surface area contributed by atoms with E-state index >= 15 is 0 Å². The SMILES string of the molecule is NC[C@H](C(=O)Nc1ccc(N2CCOCC2=O)c(C(F)(F)F)c1)N(CC(F)(F)F)CC(F)(F)F. The van der Waals surface area contributed by atoms with Crippen LogP contribution in [0.25, 0.3) is 0 Å². The van der Waals surface area contributed by atoms with Crippen LogP contribution < -0.4 is 16.0 Å². The zero-order chi connectivity index (χ0) is 25.9. The molecule has 1 atom stereocenters. The molecule has 0 unspecified atom stereocenters. The van der Waals surface area contributed by atoms with Crippen LogP contribution in [0.3, 0.4) is 0 Å². The Labute approximate surface area is 186 Å². The zero-order valence-electron chi connectivity index (χ0n) is 17.2. The summed E-state index contributed by atoms with van der Waals surface area (Å²) in [4.78, 5) is 24.9. The molecule has 1 fully saturated rings. The third-order valence-corrected chi connectivity index (χ3v) is 4.58. The van der Waals surface area contributed by atoms with Gasteiger partial charge in [-0.25, -0.2) is 0 Å². The Kier molecular flexibility index (Phi) is 8.42. The first kappa shape index (κ1) is 27.7. The minimum absolute atomic E-state index is 0.0338. The highest BCUT2D eigenvalue weighted by atomic mass is 19.4. The van der Waals surface area contributed by atoms with E-state index in [0.717, 1.165) is 17.0 Å². The van der Waals surface area contributed by atoms with E-state index in [0.29, 0.717) is 6.07 Å². The van der Waals surface area contributed by atoms with Gasteiger partial charge in [-0.3, -0.25) is 14.5 Å². The van der Waals surface area contributed by atoms with Gasteiger partial charge in [0.2, 0.25) is 5.91 Å². The first-order chi connectivity index (χ1) is 15.5. The van der Waals surface area contributed by atoms with Gasteiger partial charge in [0, 0.05) is 18.8 Å². The lowest BCUT2D eigenvalue weighted by Crippen LogP contribution is -2.54. The first-order valence-electron chi connectivity index (χ1n) is 9.49. The number of nitrogens with one attached hydrogen (secondary N) is 1. The molecule has 16 heteroatoms. The molecule has 1 saturated heterocycles. The molecule has 0 bridgehead atoms. The van der Waals surface area contributed by atoms with Crippen molar-refractivity contribution in [2.75, 3.05) is 49.6 Å². The average molecular weight is 510 g/mol. The molecule has 0 saturated carbocycles. The summed E-state index contributed by atoms with van der Waals surface area (Å²) >= 11 is 0. The van der Waals surface area contributed by atoms with Crippen molar-refractivity contribution in [2.45, 2.75) is 24.6 Å². The van der Waals surface area contributed by atoms with E-state index < -0.39 is 79.6 Å². The van der Waals surface area contributed by atoms with E-state index in [2.05, 4.69) is 0 Å². The highest BCUT2D eigenvalue weighted by molar-refractivity contribution is 5.98. The van der Waals surface area contributed by atoms with Crippen molar-refractivity contribution >= 4 is 23.2 Å². The average Bonchev–Trinajstić information content (AvgIpc) is 2.66. The summed E-state index contributed by atoms with van der Waals surface area (Å²) in [5.41, 5.74) is 2.75. The number of ether oxygens (including phenoxy) is 1. The molecule has 3 N–H and O–H groups in total. The Hall–Kier alpha value is -2.59. The fourth-order valence-corrected chi connectivity index (χ4v) is 3.23. The maximum Gasteiger partial charge on any atom is 0.418 e. The molecule has 0 aromatic heterocycles. The maximum absolute atomic E-state index is 13.6. The van der Waals surface area contributed by atoms with Gasteiger partial charge in [-0.05, 0) is 18.2 Å². The van der Waals surface area contributed by atoms with E-state index in [1.165, 1.54) is 0 Å². The van der Waals surface area contributed by atoms with Gasteiger partial charge in [0.05, 0.1) is 30.9 Å². The van der Waals surface area contributed by atoms with Crippen LogP contribution in [0.4, 0.5) is 50.9 Å². The summed E-state index contributed by atoms with van der Waals surface area (Å²) < 4.78 is 122. The van der Waals surface area contributed by atoms with Gasteiger partial charge in [-0.2, -0.15) is 39.5 Å². The minimum atomic E-state index is -5.12. The number of nitrogens with two attached hydrogens (primary N) is 1. The summed E-state index contributed by atoms with van der Waals surface area (Å²) in [5.74, 6) is -2.23. The molecule has 0 radical (unpaired) electrons. The predicted octanol–water partition coefficient (Wildman–Crippen LogP) is 2.76. The maximum atomic E-state index is 13.6. The number of halogens is 9. The molecule has 2 amide bonds. The topological polar surface area (TPSA) is 87.9 Å². The van der Waals surface area contributed by atoms with E-state index in [4.69, 9.17) is 10.5 Å². The van der Waals surface area contributed by atoms with Crippen LogP contribution in [-0.4, -0.2) is 74.5 Å². The third-order valence-electron chi connectivity index (χ3n) is 4.58. The molecule has 1 heterocycles. The summed E-state index contributed by atoms with van der Waals surface area (Å²) in [6.45, 7) is -5.92. The number of alkyl halides is 9. The lowest BCUT2D eigenvalue weighted by atomic mass is 10.1. The van der Waals surface area contributed by atoms with E-state index in [9.17, 15) is 49.1 Å². The number of carbonyl (C=O) groups is 2. The van der Waals surface area contributed by atoms with Gasteiger partial charge in [0.1, 0.15) is 12.6 Å². The van der Waals surface area contributed by atoms with E-state index in [1.807, 2.05) is 5.32 Å². The predicted molar refractivity (Wildman–Crippen MR) is 99.8 cm³/mol. The number of rotatable bonds is 7. The first-order valence-corrected chi connectivity index (χ1v) is 9.49. The fraction of sp³-hybridized carbons (Fsp3) is 0.556. The van der Waals surface area contributed by atoms with Crippen LogP contribution in [-0.2, 0) is 20.5 Å². The smallest absolute Gasteiger partial charge is 0.370 e. The summed E-state index contributed by atoms with van der Waals surface area (Å²) in [5, 5.41) is 1.88. The number of benzene rings is 1. The molecule has 34 heavy (non-hydrogen) atoms. The van der Waals surface area contributed by atoms with Crippen molar-refractivity contribution in [1.29, 1.82) is 0 Å². The molecule has 0 spiro atoms. The molecule has 0 aliphatic carbocycles. The zero-order valence-corrected chi connectivity index (χ0v) is 17.2. The van der Waals surface area contributed by atoms with E-state index in [-0.39, 0.29) is 18.1 Å². The molecule has 1 aromatic rings. The second kappa shape index (κ2) is 10.4. The van der Waals surface area contributed by atoms with Crippen LogP contribution >= 0.6 is 0 Å². The monoisotopic (exact) mass is 510 g/mol. The van der Waals surface area contributed by atoms with Crippen molar-refractivity contribution in [3.8, 4) is 0 Å². The molecule has 2 rings (SSSR count). The Morgan fingerprint density at radius 2 is 1.68 bits per heavy atom.